The van der Waals surface area contributed by atoms with Gasteiger partial charge in [0.25, 0.3) is 0 Å². The van der Waals surface area contributed by atoms with Crippen molar-refractivity contribution < 1.29 is 9.20 Å². The fraction of sp³-hybridized carbons (Fsp3) is 0.333. The molecule has 0 atom stereocenters. The lowest BCUT2D eigenvalue weighted by Crippen LogP contribution is -2.31. The number of nitrogens with one attached hydrogen (secondary N) is 1. The van der Waals surface area contributed by atoms with E-state index in [0.717, 1.165) is 0 Å². The Morgan fingerprint density at radius 2 is 2.50 bits per heavy atom. The second-order valence-corrected chi connectivity index (χ2v) is 2.08. The van der Waals surface area contributed by atoms with Crippen LogP contribution in [0.25, 0.3) is 0 Å². The van der Waals surface area contributed by atoms with Crippen LogP contribution < -0.4 is 10.3 Å². The number of aromatic nitrogens is 2. The molecule has 1 aromatic rings. The smallest absolute Gasteiger partial charge is 0.282 e. The Morgan fingerprint density at radius 3 is 2.62 bits per heavy atom. The van der Waals surface area contributed by atoms with Gasteiger partial charge in [-0.2, -0.15) is 0 Å². The SMILES string of the molecule is C[n+]1[nH]oc(=O)c1Br. The number of H-pyrrole nitrogens is 1. The molecule has 0 aliphatic rings. The van der Waals surface area contributed by atoms with Gasteiger partial charge in [0.05, 0.1) is 0 Å². The number of nitrogens with zero attached hydrogens (tertiary/aromatic N) is 1. The van der Waals surface area contributed by atoms with Crippen LogP contribution in [-0.4, -0.2) is 5.27 Å². The van der Waals surface area contributed by atoms with Crippen molar-refractivity contribution in [3.05, 3.63) is 15.0 Å². The number of hydrogen-bond donors (Lipinski definition) is 1. The second kappa shape index (κ2) is 1.74. The molecule has 1 N–H and O–H groups in total. The zero-order chi connectivity index (χ0) is 6.15. The lowest BCUT2D eigenvalue weighted by atomic mass is 10.9. The molecule has 0 aromatic carbocycles. The van der Waals surface area contributed by atoms with Crippen molar-refractivity contribution in [3.63, 3.8) is 0 Å². The molecule has 0 unspecified atom stereocenters. The summed E-state index contributed by atoms with van der Waals surface area (Å²) in [5.41, 5.74) is -0.396. The van der Waals surface area contributed by atoms with Gasteiger partial charge < -0.3 is 0 Å². The van der Waals surface area contributed by atoms with Crippen LogP contribution in [0.4, 0.5) is 0 Å². The van der Waals surface area contributed by atoms with Crippen molar-refractivity contribution in [2.45, 2.75) is 0 Å². The Kier molecular flexibility index (Phi) is 1.21. The van der Waals surface area contributed by atoms with E-state index in [0.29, 0.717) is 4.60 Å². The summed E-state index contributed by atoms with van der Waals surface area (Å²) in [7, 11) is 1.66. The third-order valence-corrected chi connectivity index (χ3v) is 1.59. The van der Waals surface area contributed by atoms with Gasteiger partial charge in [-0.25, -0.2) is 4.79 Å². The molecule has 1 rings (SSSR count). The van der Waals surface area contributed by atoms with E-state index in [4.69, 9.17) is 0 Å². The van der Waals surface area contributed by atoms with Gasteiger partial charge in [-0.15, -0.1) is 0 Å². The monoisotopic (exact) mass is 179 g/mol. The molecule has 0 aliphatic carbocycles. The van der Waals surface area contributed by atoms with Crippen molar-refractivity contribution >= 4 is 15.9 Å². The van der Waals surface area contributed by atoms with Crippen molar-refractivity contribution in [2.24, 2.45) is 7.05 Å². The van der Waals surface area contributed by atoms with Gasteiger partial charge in [-0.1, -0.05) is 4.68 Å². The number of aryl methyl sites for hydroxylation is 1. The van der Waals surface area contributed by atoms with Crippen LogP contribution in [0, 0.1) is 0 Å². The van der Waals surface area contributed by atoms with E-state index in [1.54, 1.807) is 7.05 Å². The normalized spacial score (nSPS) is 9.75. The van der Waals surface area contributed by atoms with E-state index in [1.807, 2.05) is 0 Å². The fourth-order valence-electron chi connectivity index (χ4n) is 0.329. The lowest BCUT2D eigenvalue weighted by molar-refractivity contribution is -0.749. The highest BCUT2D eigenvalue weighted by Crippen LogP contribution is 1.88. The number of rotatable bonds is 0. The van der Waals surface area contributed by atoms with Crippen molar-refractivity contribution in [1.82, 2.24) is 5.27 Å². The summed E-state index contributed by atoms with van der Waals surface area (Å²) in [6.07, 6.45) is 0. The summed E-state index contributed by atoms with van der Waals surface area (Å²) < 4.78 is 6.15. The van der Waals surface area contributed by atoms with Crippen LogP contribution in [-0.2, 0) is 7.05 Å². The van der Waals surface area contributed by atoms with Crippen LogP contribution in [0.5, 0.6) is 0 Å². The zero-order valence-corrected chi connectivity index (χ0v) is 5.73. The molecule has 1 aromatic heterocycles. The van der Waals surface area contributed by atoms with Gasteiger partial charge in [-0.05, 0) is 5.27 Å². The fourth-order valence-corrected chi connectivity index (χ4v) is 0.482. The molecule has 8 heavy (non-hydrogen) atoms. The molecule has 0 fully saturated rings. The largest absolute Gasteiger partial charge is 0.441 e. The Labute approximate surface area is 53.2 Å². The van der Waals surface area contributed by atoms with Gasteiger partial charge in [0.1, 0.15) is 0 Å². The minimum absolute atomic E-state index is 0.387. The molecular weight excluding hydrogens is 176 g/mol. The van der Waals surface area contributed by atoms with E-state index in [-0.39, 0.29) is 0 Å². The van der Waals surface area contributed by atoms with Gasteiger partial charge in [0, 0.05) is 15.9 Å². The standard InChI is InChI=1S/C3H3BrN2O2/c1-6-2(4)3(7)8-5-6/h1H3/p+1. The minimum Gasteiger partial charge on any atom is -0.282 e. The van der Waals surface area contributed by atoms with Gasteiger partial charge >= 0.3 is 10.2 Å². The summed E-state index contributed by atoms with van der Waals surface area (Å²) in [4.78, 5) is 10.4. The van der Waals surface area contributed by atoms with Crippen molar-refractivity contribution in [1.29, 1.82) is 0 Å². The second-order valence-electron chi connectivity index (χ2n) is 1.33. The first-order valence-electron chi connectivity index (χ1n) is 1.95. The summed E-state index contributed by atoms with van der Waals surface area (Å²) in [5.74, 6) is 0. The van der Waals surface area contributed by atoms with Crippen LogP contribution in [0.2, 0.25) is 0 Å². The van der Waals surface area contributed by atoms with Gasteiger partial charge in [0.15, 0.2) is 7.05 Å². The molecule has 0 bridgehead atoms. The molecule has 4 nitrogen and oxygen atoms in total. The number of halogens is 1. The highest BCUT2D eigenvalue weighted by Gasteiger charge is 2.10. The number of hydrogen-bond acceptors (Lipinski definition) is 2. The van der Waals surface area contributed by atoms with Gasteiger partial charge in [-0.3, -0.25) is 4.52 Å². The van der Waals surface area contributed by atoms with E-state index < -0.39 is 5.63 Å². The average molecular weight is 180 g/mol. The molecule has 0 radical (unpaired) electrons. The highest BCUT2D eigenvalue weighted by atomic mass is 79.9. The van der Waals surface area contributed by atoms with Crippen molar-refractivity contribution in [3.8, 4) is 0 Å². The lowest BCUT2D eigenvalue weighted by Gasteiger charge is -1.67. The molecular formula is C3H4BrN2O2+. The Morgan fingerprint density at radius 1 is 1.88 bits per heavy atom. The maximum absolute atomic E-state index is 10.4. The first-order chi connectivity index (χ1) is 3.72. The number of aromatic amines is 1. The molecule has 1 heterocycles. The zero-order valence-electron chi connectivity index (χ0n) is 4.14. The molecule has 0 saturated heterocycles. The molecule has 0 amide bonds. The first-order valence-corrected chi connectivity index (χ1v) is 2.74. The summed E-state index contributed by atoms with van der Waals surface area (Å²) in [6.45, 7) is 0. The average Bonchev–Trinajstić information content (AvgIpc) is 1.98. The van der Waals surface area contributed by atoms with E-state index in [2.05, 4.69) is 25.7 Å². The summed E-state index contributed by atoms with van der Waals surface area (Å²) in [6, 6.07) is 0. The van der Waals surface area contributed by atoms with Crippen LogP contribution in [0.1, 0.15) is 0 Å². The Hall–Kier alpha value is -0.580. The quantitative estimate of drug-likeness (QED) is 0.550. The van der Waals surface area contributed by atoms with E-state index in [1.165, 1.54) is 4.68 Å². The van der Waals surface area contributed by atoms with Crippen LogP contribution in [0.3, 0.4) is 0 Å². The summed E-state index contributed by atoms with van der Waals surface area (Å²) in [5, 5.41) is 2.32. The maximum Gasteiger partial charge on any atom is 0.441 e. The Bertz CT molecular complexity index is 238. The van der Waals surface area contributed by atoms with Crippen LogP contribution >= 0.6 is 15.9 Å². The molecule has 0 aliphatic heterocycles. The first kappa shape index (κ1) is 5.55. The predicted molar refractivity (Wildman–Crippen MR) is 28.2 cm³/mol. The third kappa shape index (κ3) is 0.686. The molecule has 44 valence electrons. The van der Waals surface area contributed by atoms with Crippen LogP contribution in [0.15, 0.2) is 13.9 Å². The molecule has 0 spiro atoms. The van der Waals surface area contributed by atoms with E-state index in [9.17, 15) is 4.79 Å². The molecule has 5 heteroatoms. The van der Waals surface area contributed by atoms with Crippen molar-refractivity contribution in [2.75, 3.05) is 0 Å². The summed E-state index contributed by atoms with van der Waals surface area (Å²) >= 11 is 2.97. The molecule has 0 saturated carbocycles. The highest BCUT2D eigenvalue weighted by molar-refractivity contribution is 9.10. The minimum atomic E-state index is -0.396. The predicted octanol–water partition coefficient (Wildman–Crippen LogP) is -0.445. The third-order valence-electron chi connectivity index (χ3n) is 0.738. The topological polar surface area (TPSA) is 49.9 Å². The maximum atomic E-state index is 10.4. The van der Waals surface area contributed by atoms with E-state index >= 15 is 0 Å². The van der Waals surface area contributed by atoms with Gasteiger partial charge in [0.2, 0.25) is 0 Å². The Balaban J connectivity index is 3.41.